The molecule has 1 saturated heterocycles. The Morgan fingerprint density at radius 3 is 2.50 bits per heavy atom. The summed E-state index contributed by atoms with van der Waals surface area (Å²) in [6, 6.07) is 3.44. The lowest BCUT2D eigenvalue weighted by molar-refractivity contribution is 0.202. The maximum absolute atomic E-state index is 13.9. The molecule has 34 heavy (non-hydrogen) atoms. The highest BCUT2D eigenvalue weighted by Crippen LogP contribution is 2.45. The molecule has 0 aliphatic carbocycles. The number of nitrogens with one attached hydrogen (secondary N) is 1. The first-order valence-electron chi connectivity index (χ1n) is 11.0. The van der Waals surface area contributed by atoms with Gasteiger partial charge in [-0.05, 0) is 25.5 Å². The Morgan fingerprint density at radius 1 is 1.18 bits per heavy atom. The number of piperidine rings is 1. The normalized spacial score (nSPS) is 16.6. The summed E-state index contributed by atoms with van der Waals surface area (Å²) in [7, 11) is 4.72. The summed E-state index contributed by atoms with van der Waals surface area (Å²) in [5, 5.41) is 4.07. The van der Waals surface area contributed by atoms with E-state index in [1.165, 1.54) is 14.2 Å². The van der Waals surface area contributed by atoms with Crippen molar-refractivity contribution in [1.29, 1.82) is 0 Å². The van der Waals surface area contributed by atoms with Gasteiger partial charge in [-0.1, -0.05) is 23.2 Å². The number of halogens is 2. The van der Waals surface area contributed by atoms with Crippen molar-refractivity contribution in [1.82, 2.24) is 19.4 Å². The Labute approximate surface area is 207 Å². The molecule has 0 bridgehead atoms. The maximum atomic E-state index is 13.9. The van der Waals surface area contributed by atoms with Gasteiger partial charge in [0, 0.05) is 55.9 Å². The Morgan fingerprint density at radius 2 is 1.88 bits per heavy atom. The number of hydrogen-bond acceptors (Lipinski definition) is 8. The highest BCUT2D eigenvalue weighted by molar-refractivity contribution is 6.41. The van der Waals surface area contributed by atoms with Gasteiger partial charge in [0.05, 0.1) is 29.8 Å². The highest BCUT2D eigenvalue weighted by atomic mass is 35.5. The van der Waals surface area contributed by atoms with Crippen LogP contribution in [0.5, 0.6) is 11.5 Å². The number of rotatable bonds is 7. The highest BCUT2D eigenvalue weighted by Gasteiger charge is 2.24. The van der Waals surface area contributed by atoms with E-state index < -0.39 is 0 Å². The predicted octanol–water partition coefficient (Wildman–Crippen LogP) is 3.25. The summed E-state index contributed by atoms with van der Waals surface area (Å²) in [4.78, 5) is 25.0. The average Bonchev–Trinajstić information content (AvgIpc) is 2.84. The minimum absolute atomic E-state index is 0.147. The van der Waals surface area contributed by atoms with Crippen LogP contribution in [0.4, 0.5) is 5.95 Å². The minimum Gasteiger partial charge on any atom is -0.495 e. The lowest BCUT2D eigenvalue weighted by Crippen LogP contribution is -2.44. The third-order valence-corrected chi connectivity index (χ3v) is 6.83. The van der Waals surface area contributed by atoms with Crippen molar-refractivity contribution in [2.75, 3.05) is 46.2 Å². The molecule has 2 aromatic heterocycles. The van der Waals surface area contributed by atoms with Crippen LogP contribution < -0.4 is 26.1 Å². The Hall–Kier alpha value is -2.59. The zero-order chi connectivity index (χ0) is 24.4. The zero-order valence-electron chi connectivity index (χ0n) is 19.4. The summed E-state index contributed by atoms with van der Waals surface area (Å²) in [6.07, 6.45) is 3.73. The molecule has 4 rings (SSSR count). The Balaban J connectivity index is 1.90. The molecule has 1 aromatic carbocycles. The molecule has 11 heteroatoms. The maximum Gasteiger partial charge on any atom is 0.260 e. The predicted molar refractivity (Wildman–Crippen MR) is 136 cm³/mol. The van der Waals surface area contributed by atoms with Crippen molar-refractivity contribution in [3.05, 3.63) is 38.7 Å². The fourth-order valence-corrected chi connectivity index (χ4v) is 5.03. The van der Waals surface area contributed by atoms with Crippen molar-refractivity contribution in [3.8, 4) is 22.6 Å². The van der Waals surface area contributed by atoms with E-state index >= 15 is 0 Å². The third kappa shape index (κ3) is 4.65. The fourth-order valence-electron chi connectivity index (χ4n) is 4.32. The second-order valence-electron chi connectivity index (χ2n) is 8.22. The van der Waals surface area contributed by atoms with E-state index in [2.05, 4.69) is 20.2 Å². The van der Waals surface area contributed by atoms with E-state index in [-0.39, 0.29) is 21.6 Å². The van der Waals surface area contributed by atoms with E-state index in [4.69, 9.17) is 38.4 Å². The number of fused-ring (bicyclic) bond motifs is 1. The van der Waals surface area contributed by atoms with Crippen molar-refractivity contribution in [2.24, 2.45) is 5.73 Å². The van der Waals surface area contributed by atoms with Crippen LogP contribution in [0.15, 0.2) is 23.1 Å². The van der Waals surface area contributed by atoms with E-state index in [1.54, 1.807) is 29.9 Å². The van der Waals surface area contributed by atoms with Crippen LogP contribution >= 0.6 is 23.2 Å². The Bertz CT molecular complexity index is 1240. The van der Waals surface area contributed by atoms with Crippen molar-refractivity contribution >= 4 is 40.2 Å². The first kappa shape index (κ1) is 24.5. The summed E-state index contributed by atoms with van der Waals surface area (Å²) in [5.74, 6) is 1.13. The number of hydrogen-bond donors (Lipinski definition) is 2. The van der Waals surface area contributed by atoms with Crippen LogP contribution in [-0.2, 0) is 6.54 Å². The first-order valence-corrected chi connectivity index (χ1v) is 11.8. The molecule has 1 aliphatic heterocycles. The molecule has 0 amide bonds. The number of aromatic nitrogens is 3. The van der Waals surface area contributed by atoms with Gasteiger partial charge in [0.1, 0.15) is 17.1 Å². The van der Waals surface area contributed by atoms with Gasteiger partial charge >= 0.3 is 0 Å². The molecule has 3 aromatic rings. The summed E-state index contributed by atoms with van der Waals surface area (Å²) < 4.78 is 12.4. The van der Waals surface area contributed by atoms with Gasteiger partial charge in [-0.3, -0.25) is 9.36 Å². The fraction of sp³-hybridized carbons (Fsp3) is 0.435. The Kier molecular flexibility index (Phi) is 7.47. The number of pyridine rings is 1. The van der Waals surface area contributed by atoms with Gasteiger partial charge < -0.3 is 25.4 Å². The van der Waals surface area contributed by atoms with Crippen LogP contribution in [0.2, 0.25) is 10.0 Å². The molecule has 0 spiro atoms. The molecule has 9 nitrogen and oxygen atoms in total. The average molecular weight is 507 g/mol. The summed E-state index contributed by atoms with van der Waals surface area (Å²) in [6.45, 7) is 2.83. The van der Waals surface area contributed by atoms with Crippen LogP contribution in [0.1, 0.15) is 12.8 Å². The topological polar surface area (TPSA) is 108 Å². The van der Waals surface area contributed by atoms with Crippen molar-refractivity contribution < 1.29 is 9.47 Å². The molecular weight excluding hydrogens is 479 g/mol. The minimum atomic E-state index is -0.270. The molecule has 1 aliphatic rings. The molecule has 1 fully saturated rings. The summed E-state index contributed by atoms with van der Waals surface area (Å²) in [5.41, 5.74) is 7.06. The van der Waals surface area contributed by atoms with Gasteiger partial charge in [-0.25, -0.2) is 4.98 Å². The number of methoxy groups -OCH3 is 2. The van der Waals surface area contributed by atoms with Crippen molar-refractivity contribution in [3.63, 3.8) is 0 Å². The second-order valence-corrected chi connectivity index (χ2v) is 8.98. The zero-order valence-corrected chi connectivity index (χ0v) is 20.9. The molecule has 0 radical (unpaired) electrons. The largest absolute Gasteiger partial charge is 0.495 e. The van der Waals surface area contributed by atoms with Gasteiger partial charge in [0.15, 0.2) is 0 Å². The monoisotopic (exact) mass is 506 g/mol. The number of nitrogens with zero attached hydrogens (tertiary/aromatic N) is 4. The van der Waals surface area contributed by atoms with Gasteiger partial charge in [0.25, 0.3) is 5.56 Å². The molecule has 0 unspecified atom stereocenters. The van der Waals surface area contributed by atoms with E-state index in [0.717, 1.165) is 25.9 Å². The molecule has 3 heterocycles. The number of benzene rings is 1. The SMILES string of the molecule is CNc1ncc2cc(-c3c(Cl)c(OC)cc(OC)c3Cl)c(=O)n(CCN3CCC[C@@H](N)C3)c2n1. The number of ether oxygens (including phenoxy) is 2. The van der Waals surface area contributed by atoms with E-state index in [9.17, 15) is 4.79 Å². The molecule has 1 atom stereocenters. The van der Waals surface area contributed by atoms with Crippen LogP contribution in [0.3, 0.4) is 0 Å². The van der Waals surface area contributed by atoms with Gasteiger partial charge in [0.2, 0.25) is 5.95 Å². The smallest absolute Gasteiger partial charge is 0.260 e. The van der Waals surface area contributed by atoms with Crippen LogP contribution in [-0.4, -0.2) is 66.4 Å². The van der Waals surface area contributed by atoms with E-state index in [0.29, 0.717) is 52.7 Å². The quantitative estimate of drug-likeness (QED) is 0.502. The van der Waals surface area contributed by atoms with Crippen molar-refractivity contribution in [2.45, 2.75) is 25.4 Å². The number of nitrogens with two attached hydrogens (primary N) is 1. The van der Waals surface area contributed by atoms with Gasteiger partial charge in [-0.15, -0.1) is 0 Å². The third-order valence-electron chi connectivity index (χ3n) is 6.08. The second kappa shape index (κ2) is 10.4. The number of anilines is 1. The molecular formula is C23H28Cl2N6O3. The standard InChI is InChI=1S/C23H28Cl2N6O3/c1-27-23-28-11-13-9-15(18-19(24)16(33-2)10-17(34-3)20(18)25)22(32)31(21(13)29-23)8-7-30-6-4-5-14(26)12-30/h9-11,14H,4-8,12,26H2,1-3H3,(H,27,28,29)/t14-/m1/s1. The number of likely N-dealkylation sites (tertiary alicyclic amines) is 1. The lowest BCUT2D eigenvalue weighted by atomic mass is 10.0. The lowest BCUT2D eigenvalue weighted by Gasteiger charge is -2.30. The van der Waals surface area contributed by atoms with E-state index in [1.807, 2.05) is 0 Å². The summed E-state index contributed by atoms with van der Waals surface area (Å²) >= 11 is 13.3. The van der Waals surface area contributed by atoms with Crippen LogP contribution in [0.25, 0.3) is 22.2 Å². The van der Waals surface area contributed by atoms with Crippen LogP contribution in [0, 0.1) is 0 Å². The van der Waals surface area contributed by atoms with Gasteiger partial charge in [-0.2, -0.15) is 4.98 Å². The molecule has 3 N–H and O–H groups in total. The first-order chi connectivity index (χ1) is 16.4. The molecule has 182 valence electrons. The molecule has 0 saturated carbocycles.